The number of allylic oxidation sites excluding steroid dienone is 4. The van der Waals surface area contributed by atoms with E-state index < -0.39 is 12.1 Å². The summed E-state index contributed by atoms with van der Waals surface area (Å²) in [5.74, 6) is -1.00. The van der Waals surface area contributed by atoms with Crippen LogP contribution in [0, 0.1) is 0 Å². The van der Waals surface area contributed by atoms with Crippen LogP contribution in [0.4, 0.5) is 0 Å². The lowest BCUT2D eigenvalue weighted by molar-refractivity contribution is -0.167. The lowest BCUT2D eigenvalue weighted by Gasteiger charge is -2.19. The first kappa shape index (κ1) is 48.9. The third-order valence-electron chi connectivity index (χ3n) is 9.21. The number of unbranched alkanes of at least 4 members (excludes halogenated alkanes) is 22. The van der Waals surface area contributed by atoms with E-state index in [1.165, 1.54) is 116 Å². The molecule has 7 nitrogen and oxygen atoms in total. The van der Waals surface area contributed by atoms with Crippen LogP contribution in [-0.4, -0.2) is 62.8 Å². The van der Waals surface area contributed by atoms with Gasteiger partial charge in [0.05, 0.1) is 6.42 Å². The molecule has 0 aromatic carbocycles. The monoisotopic (exact) mass is 720 g/mol. The largest absolute Gasteiger partial charge is 0.462 e. The highest BCUT2D eigenvalue weighted by molar-refractivity contribution is 5.71. The third-order valence-corrected chi connectivity index (χ3v) is 9.21. The minimum Gasteiger partial charge on any atom is -0.462 e. The predicted octanol–water partition coefficient (Wildman–Crippen LogP) is 12.0. The normalized spacial score (nSPS) is 11.7. The summed E-state index contributed by atoms with van der Waals surface area (Å²) in [5.41, 5.74) is 0. The number of esters is 3. The zero-order chi connectivity index (χ0) is 37.5. The van der Waals surface area contributed by atoms with Crippen LogP contribution in [0.2, 0.25) is 0 Å². The molecule has 0 aliphatic carbocycles. The van der Waals surface area contributed by atoms with E-state index in [-0.39, 0.29) is 31.6 Å². The first-order chi connectivity index (χ1) is 24.9. The maximum absolute atomic E-state index is 12.4. The molecule has 0 heterocycles. The van der Waals surface area contributed by atoms with Gasteiger partial charge in [0.2, 0.25) is 0 Å². The van der Waals surface area contributed by atoms with Crippen LogP contribution in [0.1, 0.15) is 200 Å². The highest BCUT2D eigenvalue weighted by Gasteiger charge is 2.19. The Morgan fingerprint density at radius 1 is 0.451 bits per heavy atom. The molecule has 0 bridgehead atoms. The maximum atomic E-state index is 12.4. The second kappa shape index (κ2) is 39.1. The van der Waals surface area contributed by atoms with Gasteiger partial charge in [-0.25, -0.2) is 0 Å². The third kappa shape index (κ3) is 38.9. The Balaban J connectivity index is 4.09. The predicted molar refractivity (Wildman–Crippen MR) is 214 cm³/mol. The van der Waals surface area contributed by atoms with E-state index >= 15 is 0 Å². The molecule has 0 atom stereocenters. The van der Waals surface area contributed by atoms with Gasteiger partial charge in [0.15, 0.2) is 6.10 Å². The van der Waals surface area contributed by atoms with Crippen LogP contribution in [0.3, 0.4) is 0 Å². The fourth-order valence-electron chi connectivity index (χ4n) is 5.87. The molecule has 0 unspecified atom stereocenters. The van der Waals surface area contributed by atoms with E-state index in [1.807, 2.05) is 19.0 Å². The van der Waals surface area contributed by atoms with E-state index in [9.17, 15) is 14.4 Å². The molecule has 0 rings (SSSR count). The van der Waals surface area contributed by atoms with Gasteiger partial charge in [-0.1, -0.05) is 141 Å². The Labute approximate surface area is 315 Å². The van der Waals surface area contributed by atoms with Crippen molar-refractivity contribution >= 4 is 17.9 Å². The molecule has 0 spiro atoms. The Bertz CT molecular complexity index is 799. The Hall–Kier alpha value is -2.15. The number of nitrogens with zero attached hydrogens (tertiary/aromatic N) is 1. The van der Waals surface area contributed by atoms with Gasteiger partial charge >= 0.3 is 17.9 Å². The Kier molecular flexibility index (Phi) is 37.4. The summed E-state index contributed by atoms with van der Waals surface area (Å²) < 4.78 is 16.4. The van der Waals surface area contributed by atoms with Crippen LogP contribution in [0.5, 0.6) is 0 Å². The molecule has 0 aromatic rings. The molecule has 51 heavy (non-hydrogen) atoms. The van der Waals surface area contributed by atoms with Crippen molar-refractivity contribution in [3.63, 3.8) is 0 Å². The van der Waals surface area contributed by atoms with Crippen LogP contribution in [0.15, 0.2) is 24.3 Å². The second-order valence-corrected chi connectivity index (χ2v) is 14.7. The number of carbonyl (C=O) groups excluding carboxylic acids is 3. The van der Waals surface area contributed by atoms with Crippen LogP contribution >= 0.6 is 0 Å². The average molecular weight is 720 g/mol. The first-order valence-electron chi connectivity index (χ1n) is 21.3. The number of ether oxygens (including phenoxy) is 3. The van der Waals surface area contributed by atoms with Gasteiger partial charge in [-0.3, -0.25) is 14.4 Å². The van der Waals surface area contributed by atoms with Gasteiger partial charge in [0.25, 0.3) is 0 Å². The molecule has 0 aliphatic heterocycles. The highest BCUT2D eigenvalue weighted by Crippen LogP contribution is 2.13. The first-order valence-corrected chi connectivity index (χ1v) is 21.3. The van der Waals surface area contributed by atoms with Crippen LogP contribution in [-0.2, 0) is 28.6 Å². The van der Waals surface area contributed by atoms with Gasteiger partial charge in [0, 0.05) is 19.4 Å². The minimum absolute atomic E-state index is 0.0989. The molecule has 0 saturated carbocycles. The molecule has 0 aromatic heterocycles. The fraction of sp³-hybridized carbons (Fsp3) is 0.841. The smallest absolute Gasteiger partial charge is 0.307 e. The van der Waals surface area contributed by atoms with Crippen molar-refractivity contribution < 1.29 is 28.6 Å². The number of carbonyl (C=O) groups is 3. The van der Waals surface area contributed by atoms with Crippen molar-refractivity contribution in [1.82, 2.24) is 4.90 Å². The van der Waals surface area contributed by atoms with Gasteiger partial charge in [-0.2, -0.15) is 0 Å². The lowest BCUT2D eigenvalue weighted by atomic mass is 10.1. The van der Waals surface area contributed by atoms with Crippen molar-refractivity contribution in [3.8, 4) is 0 Å². The quantitative estimate of drug-likeness (QED) is 0.0272. The van der Waals surface area contributed by atoms with Crippen molar-refractivity contribution in [1.29, 1.82) is 0 Å². The topological polar surface area (TPSA) is 82.1 Å². The molecule has 0 N–H and O–H groups in total. The highest BCUT2D eigenvalue weighted by atomic mass is 16.6. The Morgan fingerprint density at radius 2 is 0.784 bits per heavy atom. The molecular weight excluding hydrogens is 638 g/mol. The van der Waals surface area contributed by atoms with E-state index in [0.717, 1.165) is 51.4 Å². The van der Waals surface area contributed by atoms with Gasteiger partial charge in [0.1, 0.15) is 13.2 Å². The van der Waals surface area contributed by atoms with Crippen molar-refractivity contribution in [2.45, 2.75) is 206 Å². The number of hydrogen-bond acceptors (Lipinski definition) is 7. The molecule has 0 fully saturated rings. The van der Waals surface area contributed by atoms with Gasteiger partial charge < -0.3 is 19.1 Å². The summed E-state index contributed by atoms with van der Waals surface area (Å²) in [6.45, 7) is 4.87. The molecule has 7 heteroatoms. The molecule has 0 amide bonds. The van der Waals surface area contributed by atoms with Crippen LogP contribution < -0.4 is 0 Å². The minimum atomic E-state index is -0.796. The number of rotatable bonds is 38. The SMILES string of the molecule is CCCCCCCC/C=C\CCCCCCCC(=O)OCC(COC(=O)CCCCCCC/C=C\CCCCCCCC)OC(=O)CCN(C)C. The maximum Gasteiger partial charge on any atom is 0.307 e. The van der Waals surface area contributed by atoms with E-state index in [0.29, 0.717) is 19.4 Å². The summed E-state index contributed by atoms with van der Waals surface area (Å²) >= 11 is 0. The van der Waals surface area contributed by atoms with E-state index in [4.69, 9.17) is 14.2 Å². The standard InChI is InChI=1S/C44H81NO6/c1-5-7-9-11-13-15-17-19-21-23-25-27-29-31-33-35-42(46)49-39-41(51-44(48)37-38-45(3)4)40-50-43(47)36-34-32-30-28-26-24-22-20-18-16-14-12-10-8-6-2/h19-22,41H,5-18,23-40H2,1-4H3/b21-19-,22-20-. The summed E-state index contributed by atoms with van der Waals surface area (Å²) in [5, 5.41) is 0. The zero-order valence-electron chi connectivity index (χ0n) is 33.9. The lowest BCUT2D eigenvalue weighted by Crippen LogP contribution is -2.31. The van der Waals surface area contributed by atoms with E-state index in [1.54, 1.807) is 0 Å². The molecular formula is C44H81NO6. The van der Waals surface area contributed by atoms with Gasteiger partial charge in [-0.15, -0.1) is 0 Å². The summed E-state index contributed by atoms with van der Waals surface area (Å²) in [4.78, 5) is 39.1. The van der Waals surface area contributed by atoms with Crippen molar-refractivity contribution in [2.75, 3.05) is 33.9 Å². The molecule has 0 saturated heterocycles. The average Bonchev–Trinajstić information content (AvgIpc) is 3.11. The summed E-state index contributed by atoms with van der Waals surface area (Å²) in [6.07, 6.45) is 40.7. The van der Waals surface area contributed by atoms with Crippen molar-refractivity contribution in [2.24, 2.45) is 0 Å². The van der Waals surface area contributed by atoms with Gasteiger partial charge in [-0.05, 0) is 78.3 Å². The molecule has 298 valence electrons. The summed E-state index contributed by atoms with van der Waals surface area (Å²) in [7, 11) is 3.77. The Morgan fingerprint density at radius 3 is 1.14 bits per heavy atom. The fourth-order valence-corrected chi connectivity index (χ4v) is 5.87. The van der Waals surface area contributed by atoms with Crippen molar-refractivity contribution in [3.05, 3.63) is 24.3 Å². The van der Waals surface area contributed by atoms with Crippen LogP contribution in [0.25, 0.3) is 0 Å². The second-order valence-electron chi connectivity index (χ2n) is 14.7. The zero-order valence-corrected chi connectivity index (χ0v) is 33.9. The summed E-state index contributed by atoms with van der Waals surface area (Å²) in [6, 6.07) is 0. The van der Waals surface area contributed by atoms with E-state index in [2.05, 4.69) is 38.2 Å². The molecule has 0 radical (unpaired) electrons. The number of hydrogen-bond donors (Lipinski definition) is 0. The molecule has 0 aliphatic rings.